The van der Waals surface area contributed by atoms with Crippen molar-refractivity contribution in [3.8, 4) is 0 Å². The number of unbranched alkanes of at least 4 members (excludes halogenated alkanes) is 51. The van der Waals surface area contributed by atoms with Gasteiger partial charge in [-0.2, -0.15) is 0 Å². The SMILES string of the molecule is CCCCCCCCCCCCCCCCCCCCC/C=C/C(O)C(COC1OC(CO)C(OC2OC(CO)C(O)C(OC3(C(=O)O)CC(O)C(NC(C)=O)C(C(O)C(O)CO)O3)C2O)C(O)C1O)NC(=O)CCCCCCCCCCCCCCCCCCCCCCCCCCCCCCCCCCC. The standard InChI is InChI=1S/C85H160N2O21/c1-4-6-8-10-12-14-16-18-20-22-24-26-27-28-29-30-31-32-33-34-35-36-37-39-41-43-45-47-49-51-53-55-57-59-72(95)87-66(67(92)58-56-54-52-50-48-46-44-42-40-38-25-23-21-19-17-15-13-11-9-7-5-2)64-103-82-77(99)76(98)79(71(63-90)105-82)106-83-78(100)81(75(97)70(62-89)104-83)108-85(84(101)102)60-68(93)73(86-65(3)91)80(107-85)74(96)69(94)61-88/h56,58,66-71,73-83,88-90,92-94,96-100H,4-55,57,59-64H2,1-3H3,(H,86,91)(H,87,95)(H,101,102)/b58-56+. The van der Waals surface area contributed by atoms with Crippen LogP contribution in [-0.2, 0) is 42.8 Å². The first kappa shape index (κ1) is 99.7. The number of hydrogen-bond acceptors (Lipinski definition) is 20. The number of amides is 2. The molecule has 3 aliphatic rings. The van der Waals surface area contributed by atoms with Gasteiger partial charge >= 0.3 is 5.97 Å². The number of ether oxygens (including phenoxy) is 6. The molecule has 0 aromatic heterocycles. The van der Waals surface area contributed by atoms with Crippen LogP contribution in [0, 0.1) is 0 Å². The first-order valence-corrected chi connectivity index (χ1v) is 44.1. The Hall–Kier alpha value is -2.53. The summed E-state index contributed by atoms with van der Waals surface area (Å²) in [6.45, 7) is 2.21. The van der Waals surface area contributed by atoms with Crippen LogP contribution < -0.4 is 10.6 Å². The number of carbonyl (C=O) groups excluding carboxylic acids is 2. The number of allylic oxidation sites excluding steroid dienone is 1. The Kier molecular flexibility index (Phi) is 58.8. The van der Waals surface area contributed by atoms with Crippen LogP contribution in [0.15, 0.2) is 12.2 Å². The number of carboxylic acid groups (broad SMARTS) is 1. The van der Waals surface area contributed by atoms with Crippen molar-refractivity contribution in [1.82, 2.24) is 10.6 Å². The lowest BCUT2D eigenvalue weighted by atomic mass is 9.88. The molecule has 108 heavy (non-hydrogen) atoms. The van der Waals surface area contributed by atoms with Gasteiger partial charge in [0.2, 0.25) is 11.8 Å². The van der Waals surface area contributed by atoms with Crippen LogP contribution in [-0.4, -0.2) is 215 Å². The lowest BCUT2D eigenvalue weighted by molar-refractivity contribution is -0.386. The van der Waals surface area contributed by atoms with E-state index in [0.717, 1.165) is 51.9 Å². The maximum atomic E-state index is 13.6. The molecule has 3 saturated heterocycles. The van der Waals surface area contributed by atoms with Crippen LogP contribution in [0.25, 0.3) is 0 Å². The van der Waals surface area contributed by atoms with Gasteiger partial charge in [0.05, 0.1) is 50.7 Å². The molecule has 2 amide bonds. The predicted octanol–water partition coefficient (Wildman–Crippen LogP) is 13.3. The van der Waals surface area contributed by atoms with Gasteiger partial charge in [0.15, 0.2) is 12.6 Å². The number of rotatable bonds is 71. The van der Waals surface area contributed by atoms with Crippen molar-refractivity contribution >= 4 is 17.8 Å². The zero-order valence-electron chi connectivity index (χ0n) is 67.7. The normalized spacial score (nSPS) is 25.9. The molecule has 3 heterocycles. The third-order valence-electron chi connectivity index (χ3n) is 22.5. The molecule has 3 fully saturated rings. The summed E-state index contributed by atoms with van der Waals surface area (Å²) in [6, 6.07) is -2.62. The molecular formula is C85H160N2O21. The van der Waals surface area contributed by atoms with Crippen LogP contribution in [0.4, 0.5) is 0 Å². The van der Waals surface area contributed by atoms with Gasteiger partial charge < -0.3 is 100 Å². The van der Waals surface area contributed by atoms with E-state index in [1.807, 2.05) is 6.08 Å². The maximum Gasteiger partial charge on any atom is 0.364 e. The molecule has 0 bridgehead atoms. The van der Waals surface area contributed by atoms with Crippen LogP contribution in [0.1, 0.15) is 374 Å². The van der Waals surface area contributed by atoms with Gasteiger partial charge in [0.1, 0.15) is 67.1 Å². The first-order valence-electron chi connectivity index (χ1n) is 44.1. The number of nitrogens with one attached hydrogen (secondary N) is 2. The van der Waals surface area contributed by atoms with Crippen molar-refractivity contribution in [2.24, 2.45) is 0 Å². The molecule has 636 valence electrons. The third kappa shape index (κ3) is 42.7. The summed E-state index contributed by atoms with van der Waals surface area (Å²) in [5.74, 6) is -6.13. The van der Waals surface area contributed by atoms with E-state index in [2.05, 4.69) is 24.5 Å². The summed E-state index contributed by atoms with van der Waals surface area (Å²) in [5, 5.41) is 137. The van der Waals surface area contributed by atoms with Crippen LogP contribution in [0.5, 0.6) is 0 Å². The molecule has 14 N–H and O–H groups in total. The zero-order valence-corrected chi connectivity index (χ0v) is 67.7. The Balaban J connectivity index is 1.45. The fraction of sp³-hybridized carbons (Fsp3) is 0.941. The van der Waals surface area contributed by atoms with Gasteiger partial charge in [-0.25, -0.2) is 4.79 Å². The summed E-state index contributed by atoms with van der Waals surface area (Å²) in [4.78, 5) is 38.8. The minimum atomic E-state index is -3.08. The molecule has 23 nitrogen and oxygen atoms in total. The van der Waals surface area contributed by atoms with Crippen molar-refractivity contribution in [1.29, 1.82) is 0 Å². The highest BCUT2D eigenvalue weighted by atomic mass is 16.8. The van der Waals surface area contributed by atoms with Crippen molar-refractivity contribution in [2.45, 2.75) is 484 Å². The molecule has 0 aliphatic carbocycles. The van der Waals surface area contributed by atoms with E-state index in [9.17, 15) is 75.7 Å². The van der Waals surface area contributed by atoms with E-state index >= 15 is 0 Å². The quantitative estimate of drug-likeness (QED) is 0.0199. The van der Waals surface area contributed by atoms with Gasteiger partial charge in [-0.1, -0.05) is 347 Å². The summed E-state index contributed by atoms with van der Waals surface area (Å²) in [5.41, 5.74) is 0. The molecule has 0 aromatic carbocycles. The maximum absolute atomic E-state index is 13.6. The summed E-state index contributed by atoms with van der Waals surface area (Å²) >= 11 is 0. The molecule has 3 aliphatic heterocycles. The predicted molar refractivity (Wildman–Crippen MR) is 422 cm³/mol. The highest BCUT2D eigenvalue weighted by Crippen LogP contribution is 2.39. The highest BCUT2D eigenvalue weighted by Gasteiger charge is 2.60. The highest BCUT2D eigenvalue weighted by molar-refractivity contribution is 5.77. The largest absolute Gasteiger partial charge is 0.477 e. The number of carboxylic acids is 1. The second-order valence-electron chi connectivity index (χ2n) is 32.1. The van der Waals surface area contributed by atoms with Gasteiger partial charge in [0.25, 0.3) is 5.79 Å². The number of aliphatic hydroxyl groups is 11. The minimum absolute atomic E-state index is 0.206. The van der Waals surface area contributed by atoms with Crippen LogP contribution in [0.2, 0.25) is 0 Å². The van der Waals surface area contributed by atoms with E-state index in [1.54, 1.807) is 6.08 Å². The van der Waals surface area contributed by atoms with Crippen molar-refractivity contribution in [3.63, 3.8) is 0 Å². The molecular weight excluding hydrogens is 1380 g/mol. The van der Waals surface area contributed by atoms with Crippen molar-refractivity contribution in [2.75, 3.05) is 26.4 Å². The Morgan fingerprint density at radius 3 is 1.23 bits per heavy atom. The third-order valence-corrected chi connectivity index (χ3v) is 22.5. The number of hydrogen-bond donors (Lipinski definition) is 14. The summed E-state index contributed by atoms with van der Waals surface area (Å²) in [7, 11) is 0. The average Bonchev–Trinajstić information content (AvgIpc) is 0.753. The number of aliphatic hydroxyl groups excluding tert-OH is 11. The smallest absolute Gasteiger partial charge is 0.364 e. The zero-order chi connectivity index (χ0) is 78.8. The number of aliphatic carboxylic acids is 1. The molecule has 0 saturated carbocycles. The monoisotopic (exact) mass is 1550 g/mol. The van der Waals surface area contributed by atoms with Crippen molar-refractivity contribution < 1.29 is 104 Å². The Morgan fingerprint density at radius 1 is 0.481 bits per heavy atom. The molecule has 3 rings (SSSR count). The van der Waals surface area contributed by atoms with Gasteiger partial charge in [0, 0.05) is 19.8 Å². The fourth-order valence-electron chi connectivity index (χ4n) is 15.5. The van der Waals surface area contributed by atoms with E-state index in [-0.39, 0.29) is 12.3 Å². The fourth-order valence-corrected chi connectivity index (χ4v) is 15.5. The van der Waals surface area contributed by atoms with Crippen LogP contribution >= 0.6 is 0 Å². The van der Waals surface area contributed by atoms with Crippen molar-refractivity contribution in [3.05, 3.63) is 12.2 Å². The molecule has 0 spiro atoms. The molecule has 0 aromatic rings. The van der Waals surface area contributed by atoms with E-state index < -0.39 is 155 Å². The Morgan fingerprint density at radius 2 is 0.861 bits per heavy atom. The van der Waals surface area contributed by atoms with E-state index in [4.69, 9.17) is 28.4 Å². The minimum Gasteiger partial charge on any atom is -0.477 e. The van der Waals surface area contributed by atoms with Crippen LogP contribution in [0.3, 0.4) is 0 Å². The average molecular weight is 1550 g/mol. The van der Waals surface area contributed by atoms with E-state index in [0.29, 0.717) is 12.8 Å². The Labute approximate surface area is 651 Å². The van der Waals surface area contributed by atoms with Gasteiger partial charge in [-0.3, -0.25) is 9.59 Å². The lowest BCUT2D eigenvalue weighted by Gasteiger charge is -2.50. The second-order valence-corrected chi connectivity index (χ2v) is 32.1. The topological polar surface area (TPSA) is 373 Å². The lowest BCUT2D eigenvalue weighted by Crippen LogP contribution is -2.70. The summed E-state index contributed by atoms with van der Waals surface area (Å²) < 4.78 is 35.0. The van der Waals surface area contributed by atoms with Gasteiger partial charge in [-0.05, 0) is 19.3 Å². The second kappa shape index (κ2) is 63.7. The van der Waals surface area contributed by atoms with Gasteiger partial charge in [-0.15, -0.1) is 0 Å². The Bertz CT molecular complexity index is 2190. The molecule has 0 radical (unpaired) electrons. The first-order chi connectivity index (χ1) is 52.4. The van der Waals surface area contributed by atoms with E-state index in [1.165, 1.54) is 283 Å². The molecule has 18 atom stereocenters. The summed E-state index contributed by atoms with van der Waals surface area (Å²) in [6.07, 6.45) is 42.6. The molecule has 18 unspecified atom stereocenters. The molecule has 23 heteroatoms. The number of carbonyl (C=O) groups is 3.